The minimum absolute atomic E-state index is 0.102. The molecular weight excluding hydrogens is 302 g/mol. The highest BCUT2D eigenvalue weighted by Crippen LogP contribution is 2.28. The molecule has 0 atom stereocenters. The van der Waals surface area contributed by atoms with Crippen molar-refractivity contribution in [2.45, 2.75) is 26.2 Å². The van der Waals surface area contributed by atoms with Gasteiger partial charge in [-0.3, -0.25) is 0 Å². The van der Waals surface area contributed by atoms with E-state index < -0.39 is 5.97 Å². The van der Waals surface area contributed by atoms with Gasteiger partial charge in [-0.15, -0.1) is 0 Å². The number of aromatic carboxylic acids is 1. The maximum absolute atomic E-state index is 11.1. The van der Waals surface area contributed by atoms with Gasteiger partial charge in [-0.1, -0.05) is 51.1 Å². The Labute approximate surface area is 140 Å². The van der Waals surface area contributed by atoms with Crippen molar-refractivity contribution in [2.75, 3.05) is 0 Å². The van der Waals surface area contributed by atoms with Gasteiger partial charge in [0.1, 0.15) is 12.0 Å². The summed E-state index contributed by atoms with van der Waals surface area (Å²) in [6, 6.07) is 14.8. The van der Waals surface area contributed by atoms with Gasteiger partial charge in [0.05, 0.1) is 5.56 Å². The van der Waals surface area contributed by atoms with Gasteiger partial charge in [-0.05, 0) is 29.2 Å². The zero-order valence-corrected chi connectivity index (χ0v) is 13.9. The number of carboxylic acids is 1. The molecule has 0 fully saturated rings. The van der Waals surface area contributed by atoms with Gasteiger partial charge in [0.15, 0.2) is 0 Å². The van der Waals surface area contributed by atoms with Crippen molar-refractivity contribution < 1.29 is 14.3 Å². The summed E-state index contributed by atoms with van der Waals surface area (Å²) in [5.74, 6) is -0.561. The number of nitrogens with zero attached hydrogens (tertiary/aromatic N) is 1. The third-order valence-electron chi connectivity index (χ3n) is 3.91. The number of oxazole rings is 1. The topological polar surface area (TPSA) is 63.3 Å². The van der Waals surface area contributed by atoms with Crippen LogP contribution in [0.1, 0.15) is 36.7 Å². The Morgan fingerprint density at radius 1 is 1.04 bits per heavy atom. The molecule has 0 aliphatic heterocycles. The molecule has 0 amide bonds. The van der Waals surface area contributed by atoms with Crippen LogP contribution in [0, 0.1) is 0 Å². The van der Waals surface area contributed by atoms with Crippen LogP contribution in [0.4, 0.5) is 0 Å². The molecule has 3 rings (SSSR count). The smallest absolute Gasteiger partial charge is 0.335 e. The Morgan fingerprint density at radius 2 is 1.75 bits per heavy atom. The fourth-order valence-corrected chi connectivity index (χ4v) is 2.47. The molecule has 0 saturated heterocycles. The van der Waals surface area contributed by atoms with Crippen molar-refractivity contribution in [1.82, 2.24) is 4.98 Å². The van der Waals surface area contributed by atoms with Gasteiger partial charge in [0.2, 0.25) is 5.89 Å². The Bertz CT molecular complexity index is 870. The third-order valence-corrected chi connectivity index (χ3v) is 3.91. The highest BCUT2D eigenvalue weighted by Gasteiger charge is 2.14. The fourth-order valence-electron chi connectivity index (χ4n) is 2.47. The van der Waals surface area contributed by atoms with E-state index in [2.05, 4.69) is 37.9 Å². The van der Waals surface area contributed by atoms with Crippen LogP contribution in [-0.2, 0) is 5.41 Å². The lowest BCUT2D eigenvalue weighted by Crippen LogP contribution is -2.10. The van der Waals surface area contributed by atoms with E-state index in [9.17, 15) is 4.79 Å². The molecule has 0 aliphatic carbocycles. The Kier molecular flexibility index (Phi) is 3.97. The molecule has 1 heterocycles. The molecule has 1 aromatic heterocycles. The molecular formula is C20H19NO3. The molecule has 0 aliphatic rings. The minimum atomic E-state index is -0.971. The monoisotopic (exact) mass is 321 g/mol. The van der Waals surface area contributed by atoms with Gasteiger partial charge in [0.25, 0.3) is 0 Å². The van der Waals surface area contributed by atoms with Crippen LogP contribution in [0.15, 0.2) is 59.2 Å². The lowest BCUT2D eigenvalue weighted by atomic mass is 9.86. The second kappa shape index (κ2) is 5.96. The molecule has 0 unspecified atom stereocenters. The molecule has 0 bridgehead atoms. The second-order valence-electron chi connectivity index (χ2n) is 6.75. The van der Waals surface area contributed by atoms with E-state index in [1.807, 2.05) is 12.1 Å². The quantitative estimate of drug-likeness (QED) is 0.737. The first-order valence-electron chi connectivity index (χ1n) is 7.75. The first-order chi connectivity index (χ1) is 11.3. The van der Waals surface area contributed by atoms with Gasteiger partial charge < -0.3 is 9.52 Å². The SMILES string of the molecule is CC(C)(C)c1ccc(-c2coc(-c3cccc(C(=O)O)c3)n2)cc1. The third kappa shape index (κ3) is 3.23. The van der Waals surface area contributed by atoms with Gasteiger partial charge in [-0.25, -0.2) is 9.78 Å². The number of hydrogen-bond donors (Lipinski definition) is 1. The van der Waals surface area contributed by atoms with E-state index in [-0.39, 0.29) is 11.0 Å². The summed E-state index contributed by atoms with van der Waals surface area (Å²) < 4.78 is 5.53. The molecule has 0 spiro atoms. The molecule has 1 N–H and O–H groups in total. The second-order valence-corrected chi connectivity index (χ2v) is 6.75. The molecule has 0 radical (unpaired) electrons. The van der Waals surface area contributed by atoms with E-state index in [0.29, 0.717) is 11.5 Å². The Morgan fingerprint density at radius 3 is 2.38 bits per heavy atom. The number of carbonyl (C=O) groups is 1. The van der Waals surface area contributed by atoms with E-state index in [1.165, 1.54) is 5.56 Å². The summed E-state index contributed by atoms with van der Waals surface area (Å²) in [5.41, 5.74) is 3.90. The van der Waals surface area contributed by atoms with Gasteiger partial charge in [0, 0.05) is 11.1 Å². The number of aromatic nitrogens is 1. The van der Waals surface area contributed by atoms with Crippen molar-refractivity contribution in [3.8, 4) is 22.7 Å². The lowest BCUT2D eigenvalue weighted by molar-refractivity contribution is 0.0697. The average molecular weight is 321 g/mol. The number of benzene rings is 2. The molecule has 24 heavy (non-hydrogen) atoms. The predicted molar refractivity (Wildman–Crippen MR) is 93.0 cm³/mol. The van der Waals surface area contributed by atoms with Crippen molar-refractivity contribution >= 4 is 5.97 Å². The van der Waals surface area contributed by atoms with Crippen LogP contribution in [-0.4, -0.2) is 16.1 Å². The Balaban J connectivity index is 1.91. The first kappa shape index (κ1) is 16.0. The normalized spacial score (nSPS) is 11.5. The number of hydrogen-bond acceptors (Lipinski definition) is 3. The van der Waals surface area contributed by atoms with Crippen LogP contribution < -0.4 is 0 Å². The largest absolute Gasteiger partial charge is 0.478 e. The van der Waals surface area contributed by atoms with Crippen LogP contribution in [0.25, 0.3) is 22.7 Å². The zero-order chi connectivity index (χ0) is 17.3. The van der Waals surface area contributed by atoms with Crippen molar-refractivity contribution in [2.24, 2.45) is 0 Å². The first-order valence-corrected chi connectivity index (χ1v) is 7.75. The van der Waals surface area contributed by atoms with Crippen LogP contribution in [0.2, 0.25) is 0 Å². The van der Waals surface area contributed by atoms with Crippen molar-refractivity contribution in [3.05, 3.63) is 65.9 Å². The van der Waals surface area contributed by atoms with E-state index in [1.54, 1.807) is 30.5 Å². The summed E-state index contributed by atoms with van der Waals surface area (Å²) >= 11 is 0. The average Bonchev–Trinajstić information content (AvgIpc) is 3.04. The summed E-state index contributed by atoms with van der Waals surface area (Å²) in [5, 5.41) is 9.08. The Hall–Kier alpha value is -2.88. The zero-order valence-electron chi connectivity index (χ0n) is 13.9. The summed E-state index contributed by atoms with van der Waals surface area (Å²) in [6.45, 7) is 6.52. The predicted octanol–water partition coefficient (Wildman–Crippen LogP) is 5.00. The van der Waals surface area contributed by atoms with Gasteiger partial charge in [-0.2, -0.15) is 0 Å². The maximum Gasteiger partial charge on any atom is 0.335 e. The highest BCUT2D eigenvalue weighted by molar-refractivity contribution is 5.89. The minimum Gasteiger partial charge on any atom is -0.478 e. The van der Waals surface area contributed by atoms with Gasteiger partial charge >= 0.3 is 5.97 Å². The lowest BCUT2D eigenvalue weighted by Gasteiger charge is -2.18. The van der Waals surface area contributed by atoms with E-state index in [4.69, 9.17) is 9.52 Å². The molecule has 122 valence electrons. The molecule has 0 saturated carbocycles. The summed E-state index contributed by atoms with van der Waals surface area (Å²) in [6.07, 6.45) is 1.59. The number of rotatable bonds is 3. The summed E-state index contributed by atoms with van der Waals surface area (Å²) in [7, 11) is 0. The van der Waals surface area contributed by atoms with Crippen molar-refractivity contribution in [3.63, 3.8) is 0 Å². The van der Waals surface area contributed by atoms with Crippen LogP contribution >= 0.6 is 0 Å². The highest BCUT2D eigenvalue weighted by atomic mass is 16.4. The summed E-state index contributed by atoms with van der Waals surface area (Å²) in [4.78, 5) is 15.6. The van der Waals surface area contributed by atoms with E-state index in [0.717, 1.165) is 11.3 Å². The number of carboxylic acid groups (broad SMARTS) is 1. The van der Waals surface area contributed by atoms with Crippen LogP contribution in [0.5, 0.6) is 0 Å². The van der Waals surface area contributed by atoms with Crippen LogP contribution in [0.3, 0.4) is 0 Å². The molecule has 4 nitrogen and oxygen atoms in total. The fraction of sp³-hybridized carbons (Fsp3) is 0.200. The maximum atomic E-state index is 11.1. The van der Waals surface area contributed by atoms with Crippen molar-refractivity contribution in [1.29, 1.82) is 0 Å². The molecule has 4 heteroatoms. The van der Waals surface area contributed by atoms with E-state index >= 15 is 0 Å². The molecule has 2 aromatic carbocycles. The standard InChI is InChI=1S/C20H19NO3/c1-20(2,3)16-9-7-13(8-10-16)17-12-24-18(21-17)14-5-4-6-15(11-14)19(22)23/h4-12H,1-3H3,(H,22,23). The molecule has 3 aromatic rings.